The molecule has 0 spiro atoms. The van der Waals surface area contributed by atoms with E-state index in [0.29, 0.717) is 15.8 Å². The van der Waals surface area contributed by atoms with Crippen molar-refractivity contribution in [1.29, 1.82) is 0 Å². The number of para-hydroxylation sites is 1. The monoisotopic (exact) mass is 544 g/mol. The molecular formula is C12H7Cl5HgO. The Bertz CT molecular complexity index is 507. The quantitative estimate of drug-likeness (QED) is 0.233. The molecule has 0 aliphatic carbocycles. The maximum absolute atomic E-state index is 8.63. The van der Waals surface area contributed by atoms with Gasteiger partial charge in [-0.1, -0.05) is 76.2 Å². The van der Waals surface area contributed by atoms with Crippen molar-refractivity contribution in [2.24, 2.45) is 0 Å². The Balaban J connectivity index is 0.000000352. The molecule has 2 aromatic carbocycles. The smallest absolute Gasteiger partial charge is 0.115 e. The molecule has 0 saturated heterocycles. The van der Waals surface area contributed by atoms with Crippen LogP contribution in [0.1, 0.15) is 0 Å². The summed E-state index contributed by atoms with van der Waals surface area (Å²) in [5.41, 5.74) is 0. The average molecular weight is 545 g/mol. The van der Waals surface area contributed by atoms with Gasteiger partial charge in [-0.15, -0.1) is 0 Å². The van der Waals surface area contributed by atoms with Crippen molar-refractivity contribution >= 4 is 58.0 Å². The van der Waals surface area contributed by atoms with E-state index in [4.69, 9.17) is 63.1 Å². The number of hydrogen-bond acceptors (Lipinski definition) is 1. The molecule has 0 fully saturated rings. The first-order valence-electron chi connectivity index (χ1n) is 4.66. The second kappa shape index (κ2) is 9.54. The molecule has 0 atom stereocenters. The molecule has 0 bridgehead atoms. The summed E-state index contributed by atoms with van der Waals surface area (Å²) in [7, 11) is 0. The minimum Gasteiger partial charge on any atom is -0.508 e. The fourth-order valence-electron chi connectivity index (χ4n) is 0.972. The second-order valence-electron chi connectivity index (χ2n) is 3.12. The van der Waals surface area contributed by atoms with Crippen LogP contribution in [-0.2, 0) is 27.7 Å². The number of phenolic OH excluding ortho intramolecular Hbond substituents is 1. The summed E-state index contributed by atoms with van der Waals surface area (Å²) in [4.78, 5) is 0. The van der Waals surface area contributed by atoms with Gasteiger partial charge in [-0.2, -0.15) is 0 Å². The number of aromatic hydroxyl groups is 1. The van der Waals surface area contributed by atoms with E-state index in [2.05, 4.69) is 0 Å². The van der Waals surface area contributed by atoms with E-state index >= 15 is 0 Å². The summed E-state index contributed by atoms with van der Waals surface area (Å²) >= 11 is 28.2. The van der Waals surface area contributed by atoms with Crippen molar-refractivity contribution in [2.75, 3.05) is 0 Å². The number of phenols is 1. The van der Waals surface area contributed by atoms with E-state index in [1.165, 1.54) is 6.07 Å². The summed E-state index contributed by atoms with van der Waals surface area (Å²) in [6.45, 7) is 0. The van der Waals surface area contributed by atoms with Gasteiger partial charge in [-0.05, 0) is 18.2 Å². The Hall–Kier alpha value is 0.625. The van der Waals surface area contributed by atoms with Crippen molar-refractivity contribution in [1.82, 2.24) is 0 Å². The third kappa shape index (κ3) is 6.28. The van der Waals surface area contributed by atoms with Gasteiger partial charge in [0.1, 0.15) is 5.75 Å². The molecular weight excluding hydrogens is 538 g/mol. The summed E-state index contributed by atoms with van der Waals surface area (Å²) in [6, 6.07) is 10.2. The number of rotatable bonds is 0. The first kappa shape index (κ1) is 19.6. The van der Waals surface area contributed by atoms with Crippen LogP contribution in [0.2, 0.25) is 25.1 Å². The fraction of sp³-hybridized carbons (Fsp3) is 0. The van der Waals surface area contributed by atoms with Crippen LogP contribution >= 0.6 is 58.0 Å². The van der Waals surface area contributed by atoms with Crippen molar-refractivity contribution in [3.8, 4) is 5.75 Å². The summed E-state index contributed by atoms with van der Waals surface area (Å²) in [6.07, 6.45) is 0. The maximum Gasteiger partial charge on any atom is 0.115 e. The van der Waals surface area contributed by atoms with Crippen molar-refractivity contribution in [3.05, 3.63) is 61.5 Å². The zero-order valence-corrected chi connectivity index (χ0v) is 18.8. The molecule has 0 aliphatic heterocycles. The van der Waals surface area contributed by atoms with Gasteiger partial charge >= 0.3 is 0 Å². The van der Waals surface area contributed by atoms with E-state index in [1.54, 1.807) is 24.3 Å². The number of benzene rings is 2. The zero-order chi connectivity index (χ0) is 13.7. The fourth-order valence-corrected chi connectivity index (χ4v) is 2.08. The van der Waals surface area contributed by atoms with Crippen LogP contribution in [0, 0.1) is 0 Å². The van der Waals surface area contributed by atoms with Gasteiger partial charge in [0.05, 0.1) is 25.1 Å². The Kier molecular flexibility index (Phi) is 9.86. The van der Waals surface area contributed by atoms with Crippen LogP contribution in [0.5, 0.6) is 5.75 Å². The van der Waals surface area contributed by atoms with Gasteiger partial charge in [-0.3, -0.25) is 0 Å². The molecule has 2 rings (SSSR count). The molecule has 0 aromatic heterocycles. The third-order valence-corrected chi connectivity index (χ3v) is 3.96. The Morgan fingerprint density at radius 3 is 1.42 bits per heavy atom. The van der Waals surface area contributed by atoms with Gasteiger partial charge in [0.15, 0.2) is 0 Å². The standard InChI is InChI=1S/C6HCl5.C6H6O.Hg/c7-2-1-3(8)5(10)6(11)4(2)9;7-6-4-2-1-3-5-6;/h1H;1-5,7H;. The van der Waals surface area contributed by atoms with Crippen molar-refractivity contribution in [2.45, 2.75) is 0 Å². The normalized spacial score (nSPS) is 9.11. The Morgan fingerprint density at radius 2 is 1.11 bits per heavy atom. The molecule has 0 amide bonds. The maximum atomic E-state index is 8.63. The second-order valence-corrected chi connectivity index (χ2v) is 5.07. The molecule has 0 saturated carbocycles. The van der Waals surface area contributed by atoms with Gasteiger partial charge in [0.25, 0.3) is 0 Å². The van der Waals surface area contributed by atoms with Crippen LogP contribution in [-0.4, -0.2) is 5.11 Å². The first-order chi connectivity index (χ1) is 8.43. The first-order valence-corrected chi connectivity index (χ1v) is 6.55. The Morgan fingerprint density at radius 1 is 0.684 bits per heavy atom. The topological polar surface area (TPSA) is 20.2 Å². The van der Waals surface area contributed by atoms with Crippen LogP contribution in [0.4, 0.5) is 0 Å². The summed E-state index contributed by atoms with van der Waals surface area (Å²) < 4.78 is 0. The zero-order valence-electron chi connectivity index (χ0n) is 9.51. The molecule has 7 heteroatoms. The molecule has 0 radical (unpaired) electrons. The van der Waals surface area contributed by atoms with Crippen LogP contribution in [0.25, 0.3) is 0 Å². The van der Waals surface area contributed by atoms with Gasteiger partial charge in [0.2, 0.25) is 0 Å². The molecule has 2 aromatic rings. The van der Waals surface area contributed by atoms with E-state index in [1.807, 2.05) is 6.07 Å². The predicted molar refractivity (Wildman–Crippen MR) is 79.6 cm³/mol. The molecule has 98 valence electrons. The van der Waals surface area contributed by atoms with E-state index < -0.39 is 0 Å². The molecule has 0 unspecified atom stereocenters. The Labute approximate surface area is 156 Å². The van der Waals surface area contributed by atoms with Crippen LogP contribution in [0.3, 0.4) is 0 Å². The van der Waals surface area contributed by atoms with Crippen LogP contribution < -0.4 is 0 Å². The van der Waals surface area contributed by atoms with E-state index in [-0.39, 0.29) is 42.7 Å². The SMILES string of the molecule is Clc1cc(Cl)c(Cl)c(Cl)c1Cl.Oc1ccccc1.[Hg]. The number of halogens is 5. The van der Waals surface area contributed by atoms with E-state index in [0.717, 1.165) is 0 Å². The predicted octanol–water partition coefficient (Wildman–Crippen LogP) is 6.34. The molecule has 19 heavy (non-hydrogen) atoms. The average Bonchev–Trinajstić information content (AvgIpc) is 2.36. The minimum absolute atomic E-state index is 0. The largest absolute Gasteiger partial charge is 0.508 e. The summed E-state index contributed by atoms with van der Waals surface area (Å²) in [5, 5.41) is 9.86. The van der Waals surface area contributed by atoms with Crippen LogP contribution in [0.15, 0.2) is 36.4 Å². The van der Waals surface area contributed by atoms with Crippen molar-refractivity contribution in [3.63, 3.8) is 0 Å². The molecule has 0 heterocycles. The van der Waals surface area contributed by atoms with Gasteiger partial charge in [-0.25, -0.2) is 0 Å². The molecule has 1 N–H and O–H groups in total. The van der Waals surface area contributed by atoms with E-state index in [9.17, 15) is 0 Å². The van der Waals surface area contributed by atoms with Gasteiger partial charge < -0.3 is 5.11 Å². The molecule has 0 aliphatic rings. The third-order valence-electron chi connectivity index (χ3n) is 1.81. The summed E-state index contributed by atoms with van der Waals surface area (Å²) in [5.74, 6) is 0.322. The van der Waals surface area contributed by atoms with Gasteiger partial charge in [0, 0.05) is 27.7 Å². The number of hydrogen-bond donors (Lipinski definition) is 1. The molecule has 1 nitrogen and oxygen atoms in total. The van der Waals surface area contributed by atoms with Crippen molar-refractivity contribution < 1.29 is 32.8 Å². The minimum atomic E-state index is 0.